The summed E-state index contributed by atoms with van der Waals surface area (Å²) >= 11 is 12.5. The van der Waals surface area contributed by atoms with E-state index in [2.05, 4.69) is 34.9 Å². The number of halogens is 2. The van der Waals surface area contributed by atoms with E-state index in [0.717, 1.165) is 67.8 Å². The molecule has 1 aromatic heterocycles. The van der Waals surface area contributed by atoms with Gasteiger partial charge in [-0.25, -0.2) is 9.35 Å². The van der Waals surface area contributed by atoms with Crippen LogP contribution in [0.15, 0.2) is 59.6 Å². The van der Waals surface area contributed by atoms with Gasteiger partial charge in [0, 0.05) is 0 Å². The molecule has 0 saturated carbocycles. The van der Waals surface area contributed by atoms with Crippen LogP contribution in [0.5, 0.6) is 5.75 Å². The molecule has 0 bridgehead atoms. The summed E-state index contributed by atoms with van der Waals surface area (Å²) in [6, 6.07) is 15.5. The van der Waals surface area contributed by atoms with Crippen molar-refractivity contribution >= 4 is 51.3 Å². The molecule has 0 aliphatic carbocycles. The predicted octanol–water partition coefficient (Wildman–Crippen LogP) is 7.26. The van der Waals surface area contributed by atoms with E-state index in [1.807, 2.05) is 31.2 Å². The summed E-state index contributed by atoms with van der Waals surface area (Å²) in [7, 11) is -1.54. The Morgan fingerprint density at radius 1 is 0.952 bits per heavy atom. The summed E-state index contributed by atoms with van der Waals surface area (Å²) in [6.07, 6.45) is 6.36. The van der Waals surface area contributed by atoms with Crippen LogP contribution < -0.4 is 15.0 Å². The Balaban J connectivity index is 1.72. The second-order valence-corrected chi connectivity index (χ2v) is 17.2. The van der Waals surface area contributed by atoms with Crippen LogP contribution in [-0.2, 0) is 36.0 Å². The van der Waals surface area contributed by atoms with Gasteiger partial charge in [-0.1, -0.05) is 0 Å². The SMILES string of the molecule is CCOc1ccc(-c2c(CCCCCCNP(Cl)(Cl)(OC(C)=O)OC(C)=O)c(C)cn2-c2ccc(S(N)=O)cc2)cc1. The Labute approximate surface area is 259 Å². The number of nitrogens with zero attached hydrogens (tertiary/aromatic N) is 1. The second kappa shape index (κ2) is 14.8. The Morgan fingerprint density at radius 3 is 2.10 bits per heavy atom. The van der Waals surface area contributed by atoms with Gasteiger partial charge in [0.1, 0.15) is 16.7 Å². The topological polar surface area (TPSA) is 122 Å². The van der Waals surface area contributed by atoms with E-state index in [1.165, 1.54) is 5.56 Å². The van der Waals surface area contributed by atoms with Crippen LogP contribution in [0.2, 0.25) is 0 Å². The summed E-state index contributed by atoms with van der Waals surface area (Å²) in [5, 5.41) is 8.32. The van der Waals surface area contributed by atoms with E-state index in [9.17, 15) is 13.8 Å². The van der Waals surface area contributed by atoms with Crippen LogP contribution in [-0.4, -0.2) is 33.9 Å². The minimum absolute atomic E-state index is 0.307. The van der Waals surface area contributed by atoms with Crippen molar-refractivity contribution in [2.45, 2.75) is 64.7 Å². The number of hydrogen-bond donors (Lipinski definition) is 2. The van der Waals surface area contributed by atoms with Gasteiger partial charge >= 0.3 is 199 Å². The molecule has 0 spiro atoms. The van der Waals surface area contributed by atoms with Crippen molar-refractivity contribution in [3.8, 4) is 22.7 Å². The third-order valence-electron chi connectivity index (χ3n) is 6.39. The molecule has 2 aromatic carbocycles. The number of aromatic nitrogens is 1. The zero-order valence-electron chi connectivity index (χ0n) is 24.2. The molecule has 3 aromatic rings. The molecule has 3 rings (SSSR count). The fraction of sp³-hybridized carbons (Fsp3) is 0.379. The molecular formula is C29H38Cl2N3O6PS. The van der Waals surface area contributed by atoms with E-state index in [1.54, 1.807) is 12.1 Å². The minimum atomic E-state index is -4.62. The second-order valence-electron chi connectivity index (χ2n) is 9.76. The number of hydrogen-bond acceptors (Lipinski definition) is 7. The fourth-order valence-electron chi connectivity index (χ4n) is 4.66. The molecule has 9 nitrogen and oxygen atoms in total. The van der Waals surface area contributed by atoms with Crippen molar-refractivity contribution in [3.05, 3.63) is 65.9 Å². The van der Waals surface area contributed by atoms with Crippen molar-refractivity contribution in [3.63, 3.8) is 0 Å². The number of nitrogens with one attached hydrogen (secondary N) is 1. The van der Waals surface area contributed by atoms with Gasteiger partial charge in [-0.2, -0.15) is 0 Å². The molecular weight excluding hydrogens is 620 g/mol. The molecule has 13 heteroatoms. The van der Waals surface area contributed by atoms with Crippen molar-refractivity contribution < 1.29 is 27.6 Å². The summed E-state index contributed by atoms with van der Waals surface area (Å²) < 4.78 is 29.5. The molecule has 1 atom stereocenters. The van der Waals surface area contributed by atoms with Gasteiger partial charge in [0.25, 0.3) is 0 Å². The first-order valence-corrected chi connectivity index (χ1v) is 18.7. The third kappa shape index (κ3) is 9.53. The molecule has 0 radical (unpaired) electrons. The quantitative estimate of drug-likeness (QED) is 0.130. The summed E-state index contributed by atoms with van der Waals surface area (Å²) in [5.41, 5.74) is 5.49. The Morgan fingerprint density at radius 2 is 1.55 bits per heavy atom. The van der Waals surface area contributed by atoms with Crippen LogP contribution in [0, 0.1) is 6.92 Å². The average molecular weight is 659 g/mol. The maximum absolute atomic E-state index is 11.7. The number of benzene rings is 2. The molecule has 0 aliphatic rings. The molecule has 0 saturated heterocycles. The number of aryl methyl sites for hydroxylation is 1. The van der Waals surface area contributed by atoms with Gasteiger partial charge in [0.2, 0.25) is 0 Å². The van der Waals surface area contributed by atoms with E-state index in [0.29, 0.717) is 24.5 Å². The maximum atomic E-state index is 11.7. The number of nitrogens with two attached hydrogens (primary N) is 1. The molecule has 0 amide bonds. The number of unbranched alkanes of at least 4 members (excludes halogenated alkanes) is 3. The standard InChI is InChI=1S/C29H38Cl2N3O6PS/c1-5-38-26-15-11-24(12-16-26)29-28(21(2)20-34(29)25-13-17-27(18-14-25)42(32)37)10-8-6-7-9-19-33-41(30,31,39-22(3)35)40-23(4)36/h11-18,20,33H,5-10,19,32H2,1-4H3. The molecule has 42 heavy (non-hydrogen) atoms. The number of rotatable bonds is 15. The number of carbonyl (C=O) groups is 2. The van der Waals surface area contributed by atoms with Crippen LogP contribution >= 0.6 is 28.4 Å². The Bertz CT molecular complexity index is 1390. The van der Waals surface area contributed by atoms with Crippen molar-refractivity contribution in [1.29, 1.82) is 0 Å². The van der Waals surface area contributed by atoms with Crippen LogP contribution in [0.1, 0.15) is 57.6 Å². The van der Waals surface area contributed by atoms with Crippen molar-refractivity contribution in [2.24, 2.45) is 5.14 Å². The number of carbonyl (C=O) groups excluding carboxylic acids is 2. The number of ether oxygens (including phenoxy) is 1. The summed E-state index contributed by atoms with van der Waals surface area (Å²) in [6.45, 7) is 7.25. The van der Waals surface area contributed by atoms with E-state index < -0.39 is 28.8 Å². The van der Waals surface area contributed by atoms with Gasteiger partial charge in [0.05, 0.1) is 11.5 Å². The predicted molar refractivity (Wildman–Crippen MR) is 170 cm³/mol. The van der Waals surface area contributed by atoms with Crippen LogP contribution in [0.4, 0.5) is 0 Å². The third-order valence-corrected chi connectivity index (χ3v) is 10.5. The van der Waals surface area contributed by atoms with Crippen molar-refractivity contribution in [2.75, 3.05) is 13.2 Å². The van der Waals surface area contributed by atoms with E-state index in [-0.39, 0.29) is 0 Å². The monoisotopic (exact) mass is 657 g/mol. The van der Waals surface area contributed by atoms with Gasteiger partial charge in [0.15, 0.2) is 0 Å². The van der Waals surface area contributed by atoms with Crippen LogP contribution in [0.3, 0.4) is 0 Å². The van der Waals surface area contributed by atoms with Gasteiger partial charge < -0.3 is 4.74 Å². The van der Waals surface area contributed by atoms with E-state index in [4.69, 9.17) is 41.4 Å². The first-order valence-electron chi connectivity index (χ1n) is 13.6. The molecule has 1 unspecified atom stereocenters. The summed E-state index contributed by atoms with van der Waals surface area (Å²) in [5.74, 6) is -5.31. The van der Waals surface area contributed by atoms with E-state index >= 15 is 0 Å². The zero-order valence-corrected chi connectivity index (χ0v) is 27.5. The first-order chi connectivity index (χ1) is 19.8. The van der Waals surface area contributed by atoms with Gasteiger partial charge in [-0.05, 0) is 19.1 Å². The Kier molecular flexibility index (Phi) is 12.0. The molecule has 0 aliphatic heterocycles. The van der Waals surface area contributed by atoms with Crippen LogP contribution in [0.25, 0.3) is 16.9 Å². The molecule has 0 fully saturated rings. The normalized spacial score (nSPS) is 13.2. The summed E-state index contributed by atoms with van der Waals surface area (Å²) in [4.78, 5) is 23.5. The molecule has 3 N–H and O–H groups in total. The van der Waals surface area contributed by atoms with Gasteiger partial charge in [-0.3, -0.25) is 0 Å². The zero-order chi connectivity index (χ0) is 30.9. The van der Waals surface area contributed by atoms with Crippen molar-refractivity contribution in [1.82, 2.24) is 9.65 Å². The molecule has 1 heterocycles. The Hall–Kier alpha value is -2.46. The average Bonchev–Trinajstić information content (AvgIpc) is 3.23. The van der Waals surface area contributed by atoms with Gasteiger partial charge in [-0.15, -0.1) is 0 Å². The fourth-order valence-corrected chi connectivity index (χ4v) is 8.27. The molecule has 230 valence electrons. The first kappa shape index (κ1) is 34.0.